The van der Waals surface area contributed by atoms with Crippen molar-refractivity contribution in [2.45, 2.75) is 19.3 Å². The first-order valence-corrected chi connectivity index (χ1v) is 1.76. The minimum atomic E-state index is 0. The van der Waals surface area contributed by atoms with E-state index < -0.39 is 0 Å². The maximum Gasteiger partial charge on any atom is 0.0462 e. The van der Waals surface area contributed by atoms with Crippen LogP contribution in [0.5, 0.6) is 0 Å². The highest BCUT2D eigenvalue weighted by Gasteiger charge is 1.95. The molecule has 0 aromatic rings. The van der Waals surface area contributed by atoms with Crippen molar-refractivity contribution in [1.29, 1.82) is 5.26 Å². The average Bonchev–Trinajstić information content (AvgIpc) is 2.19. The molecule has 6 heavy (non-hydrogen) atoms. The standard InChI is InChI=1S/C3H6.CHN.ClH/c1-2-3-1;1-2;/h1-3H2;1H;1H. The number of rotatable bonds is 0. The molecule has 0 unspecified atom stereocenters. The van der Waals surface area contributed by atoms with E-state index in [0.717, 1.165) is 0 Å². The molecule has 1 nitrogen and oxygen atoms in total. The Balaban J connectivity index is 0. The molecule has 0 spiro atoms. The fourth-order valence-electron chi connectivity index (χ4n) is 0. The molecule has 0 radical (unpaired) electrons. The van der Waals surface area contributed by atoms with E-state index in [1.807, 2.05) is 0 Å². The monoisotopic (exact) mass is 105 g/mol. The molecular formula is C4H8ClN. The first kappa shape index (κ1) is 9.24. The van der Waals surface area contributed by atoms with Crippen LogP contribution in [0.3, 0.4) is 0 Å². The van der Waals surface area contributed by atoms with Gasteiger partial charge in [0.25, 0.3) is 0 Å². The van der Waals surface area contributed by atoms with Crippen LogP contribution in [0, 0.1) is 11.8 Å². The molecule has 2 heteroatoms. The van der Waals surface area contributed by atoms with Crippen molar-refractivity contribution >= 4 is 12.4 Å². The van der Waals surface area contributed by atoms with Crippen LogP contribution in [0.1, 0.15) is 19.3 Å². The molecule has 1 aliphatic carbocycles. The molecule has 0 bridgehead atoms. The number of hydrogen-bond acceptors (Lipinski definition) is 1. The van der Waals surface area contributed by atoms with Crippen LogP contribution in [0.4, 0.5) is 0 Å². The smallest absolute Gasteiger partial charge is 0.0462 e. The Bertz CT molecular complexity index is 29.0. The van der Waals surface area contributed by atoms with Gasteiger partial charge in [0, 0.05) is 6.57 Å². The predicted molar refractivity (Wildman–Crippen MR) is 27.8 cm³/mol. The van der Waals surface area contributed by atoms with Crippen molar-refractivity contribution in [2.24, 2.45) is 0 Å². The Morgan fingerprint density at radius 3 is 1.17 bits per heavy atom. The highest BCUT2D eigenvalue weighted by molar-refractivity contribution is 5.85. The summed E-state index contributed by atoms with van der Waals surface area (Å²) in [4.78, 5) is 0. The van der Waals surface area contributed by atoms with Gasteiger partial charge in [0.1, 0.15) is 0 Å². The SMILES string of the molecule is C#N.C1CC1.Cl. The molecular weight excluding hydrogens is 97.5 g/mol. The Morgan fingerprint density at radius 1 is 1.00 bits per heavy atom. The molecule has 1 rings (SSSR count). The molecule has 0 saturated heterocycles. The minimum absolute atomic E-state index is 0. The lowest BCUT2D eigenvalue weighted by Crippen LogP contribution is -0.856. The summed E-state index contributed by atoms with van der Waals surface area (Å²) in [7, 11) is 0. The number of nitrogens with zero attached hydrogens (tertiary/aromatic N) is 1. The lowest BCUT2D eigenvalue weighted by molar-refractivity contribution is 1.50. The predicted octanol–water partition coefficient (Wildman–Crippen LogP) is 1.73. The molecule has 0 N–H and O–H groups in total. The van der Waals surface area contributed by atoms with Gasteiger partial charge in [-0.15, -0.1) is 12.4 Å². The Morgan fingerprint density at radius 2 is 1.17 bits per heavy atom. The molecule has 0 aliphatic heterocycles. The largest absolute Gasteiger partial charge is 0.202 e. The van der Waals surface area contributed by atoms with Gasteiger partial charge >= 0.3 is 0 Å². The highest BCUT2D eigenvalue weighted by atomic mass is 35.5. The zero-order valence-corrected chi connectivity index (χ0v) is 4.37. The third kappa shape index (κ3) is 48.0. The van der Waals surface area contributed by atoms with Crippen LogP contribution in [0.2, 0.25) is 0 Å². The van der Waals surface area contributed by atoms with Crippen LogP contribution in [0.15, 0.2) is 0 Å². The van der Waals surface area contributed by atoms with Crippen LogP contribution >= 0.6 is 12.4 Å². The Hall–Kier alpha value is -0.220. The molecule has 0 aromatic heterocycles. The molecule has 0 atom stereocenters. The second kappa shape index (κ2) is 8.84. The topological polar surface area (TPSA) is 23.8 Å². The summed E-state index contributed by atoms with van der Waals surface area (Å²) in [5, 5.41) is 6.50. The van der Waals surface area contributed by atoms with Gasteiger partial charge in [-0.1, -0.05) is 19.3 Å². The molecule has 0 aromatic carbocycles. The van der Waals surface area contributed by atoms with Gasteiger partial charge < -0.3 is 0 Å². The summed E-state index contributed by atoms with van der Waals surface area (Å²) >= 11 is 0. The lowest BCUT2D eigenvalue weighted by Gasteiger charge is -1.05. The van der Waals surface area contributed by atoms with Crippen LogP contribution in [0.25, 0.3) is 0 Å². The summed E-state index contributed by atoms with van der Waals surface area (Å²) in [6, 6.07) is 0. The normalized spacial score (nSPS) is 12.3. The zero-order valence-electron chi connectivity index (χ0n) is 3.55. The van der Waals surface area contributed by atoms with E-state index in [1.165, 1.54) is 19.3 Å². The third-order valence-electron chi connectivity index (χ3n) is 0.354. The summed E-state index contributed by atoms with van der Waals surface area (Å²) < 4.78 is 0. The second-order valence-corrected chi connectivity index (χ2v) is 1.06. The van der Waals surface area contributed by atoms with E-state index in [2.05, 4.69) is 6.57 Å². The van der Waals surface area contributed by atoms with Gasteiger partial charge in [0.05, 0.1) is 0 Å². The maximum absolute atomic E-state index is 6.50. The van der Waals surface area contributed by atoms with Crippen molar-refractivity contribution in [3.63, 3.8) is 0 Å². The van der Waals surface area contributed by atoms with Gasteiger partial charge in [-0.3, -0.25) is 0 Å². The van der Waals surface area contributed by atoms with E-state index in [-0.39, 0.29) is 12.4 Å². The summed E-state index contributed by atoms with van der Waals surface area (Å²) in [5.74, 6) is 0. The molecule has 36 valence electrons. The average molecular weight is 106 g/mol. The van der Waals surface area contributed by atoms with Crippen molar-refractivity contribution in [2.75, 3.05) is 0 Å². The first-order chi connectivity index (χ1) is 2.50. The fourth-order valence-corrected chi connectivity index (χ4v) is 0. The summed E-state index contributed by atoms with van der Waals surface area (Å²) in [6.45, 7) is 3.50. The van der Waals surface area contributed by atoms with E-state index >= 15 is 0 Å². The maximum atomic E-state index is 6.50. The van der Waals surface area contributed by atoms with E-state index in [4.69, 9.17) is 5.26 Å². The molecule has 0 amide bonds. The molecule has 1 aliphatic rings. The Labute approximate surface area is 44.4 Å². The van der Waals surface area contributed by atoms with E-state index in [1.54, 1.807) is 0 Å². The van der Waals surface area contributed by atoms with Crippen molar-refractivity contribution < 1.29 is 0 Å². The van der Waals surface area contributed by atoms with Gasteiger partial charge in [-0.2, -0.15) is 0 Å². The van der Waals surface area contributed by atoms with Gasteiger partial charge in [-0.25, -0.2) is 5.26 Å². The van der Waals surface area contributed by atoms with Gasteiger partial charge in [0.15, 0.2) is 0 Å². The van der Waals surface area contributed by atoms with Crippen molar-refractivity contribution in [1.82, 2.24) is 0 Å². The molecule has 1 fully saturated rings. The van der Waals surface area contributed by atoms with E-state index in [0.29, 0.717) is 0 Å². The quantitative estimate of drug-likeness (QED) is 0.460. The highest BCUT2D eigenvalue weighted by Crippen LogP contribution is 2.14. The molecule has 1 saturated carbocycles. The first-order valence-electron chi connectivity index (χ1n) is 1.76. The lowest BCUT2D eigenvalue weighted by atomic mass is 11.0. The second-order valence-electron chi connectivity index (χ2n) is 1.06. The van der Waals surface area contributed by atoms with Gasteiger partial charge in [0.2, 0.25) is 0 Å². The van der Waals surface area contributed by atoms with Crippen molar-refractivity contribution in [3.05, 3.63) is 0 Å². The Kier molecular flexibility index (Phi) is 13.6. The third-order valence-corrected chi connectivity index (χ3v) is 0.354. The number of nitriles is 1. The fraction of sp³-hybridized carbons (Fsp3) is 0.750. The minimum Gasteiger partial charge on any atom is -0.202 e. The molecule has 0 heterocycles. The summed E-state index contributed by atoms with van der Waals surface area (Å²) in [5.41, 5.74) is 0. The zero-order chi connectivity index (χ0) is 4.12. The summed E-state index contributed by atoms with van der Waals surface area (Å²) in [6.07, 6.45) is 4.50. The number of halogens is 1. The van der Waals surface area contributed by atoms with E-state index in [9.17, 15) is 0 Å². The van der Waals surface area contributed by atoms with Crippen LogP contribution in [-0.4, -0.2) is 0 Å². The van der Waals surface area contributed by atoms with Crippen LogP contribution < -0.4 is 0 Å². The van der Waals surface area contributed by atoms with Gasteiger partial charge in [-0.05, 0) is 0 Å². The number of hydrogen-bond donors (Lipinski definition) is 0. The van der Waals surface area contributed by atoms with Crippen molar-refractivity contribution in [3.8, 4) is 6.57 Å². The van der Waals surface area contributed by atoms with Crippen LogP contribution in [-0.2, 0) is 0 Å².